The first-order valence-corrected chi connectivity index (χ1v) is 8.56. The first-order valence-electron chi connectivity index (χ1n) is 7.75. The van der Waals surface area contributed by atoms with Crippen LogP contribution in [0.15, 0.2) is 22.7 Å². The van der Waals surface area contributed by atoms with E-state index >= 15 is 0 Å². The maximum Gasteiger partial charge on any atom is 0.261 e. The van der Waals surface area contributed by atoms with Crippen molar-refractivity contribution in [3.8, 4) is 10.8 Å². The van der Waals surface area contributed by atoms with Gasteiger partial charge >= 0.3 is 0 Å². The molecule has 0 saturated carbocycles. The molecule has 0 unspecified atom stereocenters. The SMILES string of the molecule is Cc1cnc(-c2ccc(C(=O)N[C@H]3CN4CCC3CC4)s2)o1. The standard InChI is InChI=1S/C16H19N3O2S/c1-10-8-17-16(21-10)14-3-2-13(22-14)15(20)18-12-9-19-6-4-11(12)5-7-19/h2-3,8,11-12H,4-7,9H2,1H3,(H,18,20)/t12-/m0/s1. The Morgan fingerprint density at radius 1 is 1.41 bits per heavy atom. The van der Waals surface area contributed by atoms with Gasteiger partial charge in [0.15, 0.2) is 0 Å². The highest BCUT2D eigenvalue weighted by Crippen LogP contribution is 2.30. The molecule has 0 spiro atoms. The molecule has 3 aliphatic heterocycles. The van der Waals surface area contributed by atoms with Crippen LogP contribution < -0.4 is 5.32 Å². The van der Waals surface area contributed by atoms with Gasteiger partial charge in [-0.05, 0) is 50.9 Å². The lowest BCUT2D eigenvalue weighted by Crippen LogP contribution is -2.57. The van der Waals surface area contributed by atoms with Crippen LogP contribution in [0.4, 0.5) is 0 Å². The van der Waals surface area contributed by atoms with E-state index in [1.165, 1.54) is 37.3 Å². The van der Waals surface area contributed by atoms with Gasteiger partial charge in [-0.2, -0.15) is 0 Å². The Bertz CT molecular complexity index is 685. The number of piperidine rings is 3. The number of aryl methyl sites for hydroxylation is 1. The molecule has 116 valence electrons. The largest absolute Gasteiger partial charge is 0.441 e. The molecule has 0 aromatic carbocycles. The fraction of sp³-hybridized carbons (Fsp3) is 0.500. The average molecular weight is 317 g/mol. The van der Waals surface area contributed by atoms with Gasteiger partial charge in [-0.1, -0.05) is 0 Å². The van der Waals surface area contributed by atoms with Crippen LogP contribution in [0, 0.1) is 12.8 Å². The van der Waals surface area contributed by atoms with Gasteiger partial charge in [-0.25, -0.2) is 4.98 Å². The summed E-state index contributed by atoms with van der Waals surface area (Å²) in [5.74, 6) is 2.03. The molecule has 3 saturated heterocycles. The minimum atomic E-state index is 0.0262. The fourth-order valence-corrected chi connectivity index (χ4v) is 4.25. The molecule has 1 N–H and O–H groups in total. The van der Waals surface area contributed by atoms with Crippen molar-refractivity contribution in [1.29, 1.82) is 0 Å². The third-order valence-electron chi connectivity index (χ3n) is 4.63. The van der Waals surface area contributed by atoms with Gasteiger partial charge in [-0.3, -0.25) is 4.79 Å². The second kappa shape index (κ2) is 5.52. The molecule has 2 aromatic rings. The van der Waals surface area contributed by atoms with E-state index in [0.29, 0.717) is 17.9 Å². The van der Waals surface area contributed by atoms with E-state index in [4.69, 9.17) is 4.42 Å². The Hall–Kier alpha value is -1.66. The van der Waals surface area contributed by atoms with E-state index in [9.17, 15) is 4.79 Å². The monoisotopic (exact) mass is 317 g/mol. The summed E-state index contributed by atoms with van der Waals surface area (Å²) in [7, 11) is 0. The Balaban J connectivity index is 1.46. The highest BCUT2D eigenvalue weighted by molar-refractivity contribution is 7.17. The molecule has 1 atom stereocenters. The molecule has 5 nitrogen and oxygen atoms in total. The lowest BCUT2D eigenvalue weighted by atomic mass is 9.84. The van der Waals surface area contributed by atoms with E-state index in [-0.39, 0.29) is 5.91 Å². The molecule has 3 aliphatic rings. The molecule has 22 heavy (non-hydrogen) atoms. The maximum atomic E-state index is 12.5. The summed E-state index contributed by atoms with van der Waals surface area (Å²) in [5, 5.41) is 3.22. The number of hydrogen-bond donors (Lipinski definition) is 1. The summed E-state index contributed by atoms with van der Waals surface area (Å²) in [5.41, 5.74) is 0. The van der Waals surface area contributed by atoms with Crippen LogP contribution in [0.3, 0.4) is 0 Å². The first-order chi connectivity index (χ1) is 10.7. The Morgan fingerprint density at radius 3 is 2.86 bits per heavy atom. The molecular weight excluding hydrogens is 298 g/mol. The Kier molecular flexibility index (Phi) is 3.50. The summed E-state index contributed by atoms with van der Waals surface area (Å²) >= 11 is 1.43. The van der Waals surface area contributed by atoms with E-state index in [1.54, 1.807) is 6.20 Å². The summed E-state index contributed by atoms with van der Waals surface area (Å²) in [6.07, 6.45) is 4.11. The smallest absolute Gasteiger partial charge is 0.261 e. The van der Waals surface area contributed by atoms with Gasteiger partial charge < -0.3 is 14.6 Å². The van der Waals surface area contributed by atoms with Gasteiger partial charge in [0.1, 0.15) is 5.76 Å². The number of oxazole rings is 1. The van der Waals surface area contributed by atoms with Crippen molar-refractivity contribution in [1.82, 2.24) is 15.2 Å². The van der Waals surface area contributed by atoms with Crippen LogP contribution in [0.5, 0.6) is 0 Å². The molecular formula is C16H19N3O2S. The zero-order valence-corrected chi connectivity index (χ0v) is 13.4. The van der Waals surface area contributed by atoms with Gasteiger partial charge in [-0.15, -0.1) is 11.3 Å². The van der Waals surface area contributed by atoms with Crippen molar-refractivity contribution in [3.63, 3.8) is 0 Å². The number of carbonyl (C=O) groups is 1. The summed E-state index contributed by atoms with van der Waals surface area (Å²) in [6.45, 7) is 5.23. The van der Waals surface area contributed by atoms with Crippen molar-refractivity contribution in [2.75, 3.05) is 19.6 Å². The summed E-state index contributed by atoms with van der Waals surface area (Å²) < 4.78 is 5.51. The second-order valence-corrected chi connectivity index (χ2v) is 7.24. The number of carbonyl (C=O) groups excluding carboxylic acids is 1. The lowest BCUT2D eigenvalue weighted by Gasteiger charge is -2.44. The minimum absolute atomic E-state index is 0.0262. The molecule has 3 fully saturated rings. The highest BCUT2D eigenvalue weighted by Gasteiger charge is 2.35. The quantitative estimate of drug-likeness (QED) is 0.945. The number of rotatable bonds is 3. The Labute approximate surface area is 133 Å². The first kappa shape index (κ1) is 14.0. The molecule has 1 amide bonds. The average Bonchev–Trinajstić information content (AvgIpc) is 3.17. The van der Waals surface area contributed by atoms with Crippen LogP contribution in [0.1, 0.15) is 28.3 Å². The summed E-state index contributed by atoms with van der Waals surface area (Å²) in [4.78, 5) is 20.7. The van der Waals surface area contributed by atoms with Crippen LogP contribution in [-0.4, -0.2) is 41.5 Å². The van der Waals surface area contributed by atoms with E-state index < -0.39 is 0 Å². The molecule has 6 heteroatoms. The van der Waals surface area contributed by atoms with Crippen LogP contribution in [0.2, 0.25) is 0 Å². The molecule has 0 aliphatic carbocycles. The predicted octanol–water partition coefficient (Wildman–Crippen LogP) is 2.54. The van der Waals surface area contributed by atoms with Gasteiger partial charge in [0, 0.05) is 12.6 Å². The number of nitrogens with one attached hydrogen (secondary N) is 1. The van der Waals surface area contributed by atoms with Gasteiger partial charge in [0.2, 0.25) is 5.89 Å². The normalized spacial score (nSPS) is 27.0. The zero-order chi connectivity index (χ0) is 15.1. The van der Waals surface area contributed by atoms with Gasteiger partial charge in [0.05, 0.1) is 16.0 Å². The predicted molar refractivity (Wildman–Crippen MR) is 85.0 cm³/mol. The fourth-order valence-electron chi connectivity index (χ4n) is 3.41. The second-order valence-electron chi connectivity index (χ2n) is 6.16. The number of hydrogen-bond acceptors (Lipinski definition) is 5. The van der Waals surface area contributed by atoms with Gasteiger partial charge in [0.25, 0.3) is 5.91 Å². The van der Waals surface area contributed by atoms with E-state index in [2.05, 4.69) is 15.2 Å². The summed E-state index contributed by atoms with van der Waals surface area (Å²) in [6, 6.07) is 4.06. The van der Waals surface area contributed by atoms with Crippen LogP contribution in [0.25, 0.3) is 10.8 Å². The molecule has 5 heterocycles. The van der Waals surface area contributed by atoms with Crippen LogP contribution in [-0.2, 0) is 0 Å². The third kappa shape index (κ3) is 2.57. The molecule has 2 aromatic heterocycles. The van der Waals surface area contributed by atoms with Crippen molar-refractivity contribution in [3.05, 3.63) is 29.0 Å². The van der Waals surface area contributed by atoms with Crippen molar-refractivity contribution >= 4 is 17.2 Å². The number of thiophene rings is 1. The van der Waals surface area contributed by atoms with Crippen molar-refractivity contribution in [2.45, 2.75) is 25.8 Å². The zero-order valence-electron chi connectivity index (χ0n) is 12.5. The number of fused-ring (bicyclic) bond motifs is 3. The van der Waals surface area contributed by atoms with Crippen molar-refractivity contribution in [2.24, 2.45) is 5.92 Å². The molecule has 5 rings (SSSR count). The minimum Gasteiger partial charge on any atom is -0.441 e. The number of aromatic nitrogens is 1. The van der Waals surface area contributed by atoms with Crippen molar-refractivity contribution < 1.29 is 9.21 Å². The lowest BCUT2D eigenvalue weighted by molar-refractivity contribution is 0.0622. The topological polar surface area (TPSA) is 58.4 Å². The van der Waals surface area contributed by atoms with E-state index in [0.717, 1.165) is 22.1 Å². The maximum absolute atomic E-state index is 12.5. The van der Waals surface area contributed by atoms with Crippen LogP contribution >= 0.6 is 11.3 Å². The molecule has 0 radical (unpaired) electrons. The Morgan fingerprint density at radius 2 is 2.23 bits per heavy atom. The number of nitrogens with zero attached hydrogens (tertiary/aromatic N) is 2. The number of amides is 1. The highest BCUT2D eigenvalue weighted by atomic mass is 32.1. The third-order valence-corrected chi connectivity index (χ3v) is 5.71. The van der Waals surface area contributed by atoms with E-state index in [1.807, 2.05) is 19.1 Å². The molecule has 2 bridgehead atoms.